The van der Waals surface area contributed by atoms with Crippen LogP contribution in [0.2, 0.25) is 0 Å². The normalized spacial score (nSPS) is 17.4. The Balaban J connectivity index is 1.95. The molecule has 164 valence electrons. The Morgan fingerprint density at radius 1 is 1.31 bits per heavy atom. The van der Waals surface area contributed by atoms with Crippen molar-refractivity contribution in [3.63, 3.8) is 0 Å². The first kappa shape index (κ1) is 23.4. The van der Waals surface area contributed by atoms with Crippen LogP contribution < -0.4 is 5.32 Å². The molecule has 1 heterocycles. The van der Waals surface area contributed by atoms with E-state index in [1.165, 1.54) is 12.1 Å². The van der Waals surface area contributed by atoms with Gasteiger partial charge in [-0.2, -0.15) is 17.5 Å². The first-order valence-corrected chi connectivity index (χ1v) is 10.8. The molecule has 11 heteroatoms. The molecule has 0 unspecified atom stereocenters. The summed E-state index contributed by atoms with van der Waals surface area (Å²) in [7, 11) is -3.46. The van der Waals surface area contributed by atoms with Crippen LogP contribution in [-0.4, -0.2) is 62.3 Å². The molecule has 0 spiro atoms. The standard InChI is InChI=1S/C18H26F4N4O2S/c1-3-23-17(25(2)13-15-5-4-6-16(19)11-15)24-12-14-7-9-26(10-8-14)29(27,28)18(20,21)22/h4-6,11,14H,3,7-10,12-13H2,1-2H3,(H,23,24). The van der Waals surface area contributed by atoms with Crippen molar-refractivity contribution in [2.24, 2.45) is 10.9 Å². The van der Waals surface area contributed by atoms with E-state index in [-0.39, 0.29) is 24.8 Å². The fraction of sp³-hybridized carbons (Fsp3) is 0.611. The Morgan fingerprint density at radius 2 is 1.97 bits per heavy atom. The second-order valence-electron chi connectivity index (χ2n) is 6.97. The van der Waals surface area contributed by atoms with Gasteiger partial charge in [-0.05, 0) is 43.4 Å². The highest BCUT2D eigenvalue weighted by Gasteiger charge is 2.50. The number of nitrogens with zero attached hydrogens (tertiary/aromatic N) is 3. The minimum atomic E-state index is -5.27. The lowest BCUT2D eigenvalue weighted by Crippen LogP contribution is -2.45. The van der Waals surface area contributed by atoms with Gasteiger partial charge in [-0.25, -0.2) is 12.8 Å². The number of aliphatic imine (C=N–C) groups is 1. The molecule has 1 aromatic carbocycles. The summed E-state index contributed by atoms with van der Waals surface area (Å²) in [5, 5.41) is 3.14. The number of hydrogen-bond acceptors (Lipinski definition) is 3. The van der Waals surface area contributed by atoms with E-state index in [2.05, 4.69) is 10.3 Å². The van der Waals surface area contributed by atoms with Crippen molar-refractivity contribution >= 4 is 16.0 Å². The average Bonchev–Trinajstić information content (AvgIpc) is 2.64. The maximum Gasteiger partial charge on any atom is 0.511 e. The number of alkyl halides is 3. The van der Waals surface area contributed by atoms with Gasteiger partial charge in [-0.15, -0.1) is 0 Å². The summed E-state index contributed by atoms with van der Waals surface area (Å²) in [6.45, 7) is 3.00. The molecule has 1 saturated heterocycles. The van der Waals surface area contributed by atoms with E-state index >= 15 is 0 Å². The maximum atomic E-state index is 13.4. The predicted octanol–water partition coefficient (Wildman–Crippen LogP) is 2.78. The van der Waals surface area contributed by atoms with Gasteiger partial charge in [-0.1, -0.05) is 12.1 Å². The van der Waals surface area contributed by atoms with Crippen molar-refractivity contribution in [3.8, 4) is 0 Å². The smallest absolute Gasteiger partial charge is 0.357 e. The largest absolute Gasteiger partial charge is 0.511 e. The van der Waals surface area contributed by atoms with E-state index in [4.69, 9.17) is 0 Å². The first-order chi connectivity index (χ1) is 13.5. The van der Waals surface area contributed by atoms with Gasteiger partial charge >= 0.3 is 15.5 Å². The molecule has 1 fully saturated rings. The Bertz CT molecular complexity index is 806. The van der Waals surface area contributed by atoms with Crippen LogP contribution in [0.1, 0.15) is 25.3 Å². The molecule has 0 aromatic heterocycles. The minimum absolute atomic E-state index is 0.00842. The van der Waals surface area contributed by atoms with Crippen LogP contribution in [0, 0.1) is 11.7 Å². The average molecular weight is 438 g/mol. The molecule has 6 nitrogen and oxygen atoms in total. The Labute approximate surface area is 168 Å². The summed E-state index contributed by atoms with van der Waals surface area (Å²) in [5.41, 5.74) is -4.49. The van der Waals surface area contributed by atoms with Crippen LogP contribution in [0.5, 0.6) is 0 Å². The first-order valence-electron chi connectivity index (χ1n) is 9.35. The van der Waals surface area contributed by atoms with E-state index in [0.717, 1.165) is 5.56 Å². The summed E-state index contributed by atoms with van der Waals surface area (Å²) in [5.74, 6) is 0.270. The van der Waals surface area contributed by atoms with E-state index in [1.807, 2.05) is 18.9 Å². The lowest BCUT2D eigenvalue weighted by Gasteiger charge is -2.31. The minimum Gasteiger partial charge on any atom is -0.357 e. The van der Waals surface area contributed by atoms with Crippen LogP contribution in [0.4, 0.5) is 17.6 Å². The van der Waals surface area contributed by atoms with E-state index in [1.54, 1.807) is 12.1 Å². The van der Waals surface area contributed by atoms with Gasteiger partial charge in [0.15, 0.2) is 5.96 Å². The van der Waals surface area contributed by atoms with Gasteiger partial charge in [0.05, 0.1) is 0 Å². The van der Waals surface area contributed by atoms with Crippen LogP contribution in [0.15, 0.2) is 29.3 Å². The molecular formula is C18H26F4N4O2S. The van der Waals surface area contributed by atoms with Crippen molar-refractivity contribution in [2.75, 3.05) is 33.2 Å². The summed E-state index contributed by atoms with van der Waals surface area (Å²) in [6, 6.07) is 6.25. The van der Waals surface area contributed by atoms with E-state index in [9.17, 15) is 26.0 Å². The molecule has 29 heavy (non-hydrogen) atoms. The van der Waals surface area contributed by atoms with Crippen LogP contribution in [0.25, 0.3) is 0 Å². The molecule has 0 aliphatic carbocycles. The molecule has 0 bridgehead atoms. The second kappa shape index (κ2) is 9.75. The topological polar surface area (TPSA) is 65.0 Å². The quantitative estimate of drug-likeness (QED) is 0.422. The molecular weight excluding hydrogens is 412 g/mol. The van der Waals surface area contributed by atoms with Crippen molar-refractivity contribution < 1.29 is 26.0 Å². The fourth-order valence-electron chi connectivity index (χ4n) is 3.15. The third-order valence-electron chi connectivity index (χ3n) is 4.71. The highest BCUT2D eigenvalue weighted by atomic mass is 32.2. The molecule has 0 saturated carbocycles. The van der Waals surface area contributed by atoms with Gasteiger partial charge in [-0.3, -0.25) is 4.99 Å². The molecule has 0 amide bonds. The van der Waals surface area contributed by atoms with Gasteiger partial charge in [0.2, 0.25) is 0 Å². The monoisotopic (exact) mass is 438 g/mol. The molecule has 0 radical (unpaired) electrons. The van der Waals surface area contributed by atoms with Gasteiger partial charge in [0.1, 0.15) is 5.82 Å². The predicted molar refractivity (Wildman–Crippen MR) is 103 cm³/mol. The number of guanidine groups is 1. The molecule has 0 atom stereocenters. The SMILES string of the molecule is CCNC(=NCC1CCN(S(=O)(=O)C(F)(F)F)CC1)N(C)Cc1cccc(F)c1. The highest BCUT2D eigenvalue weighted by Crippen LogP contribution is 2.30. The zero-order valence-electron chi connectivity index (χ0n) is 16.4. The summed E-state index contributed by atoms with van der Waals surface area (Å²) in [6.07, 6.45) is 0.623. The van der Waals surface area contributed by atoms with E-state index < -0.39 is 15.5 Å². The number of benzene rings is 1. The Morgan fingerprint density at radius 3 is 2.52 bits per heavy atom. The number of piperidine rings is 1. The lowest BCUT2D eigenvalue weighted by atomic mass is 9.98. The number of halogens is 4. The zero-order valence-corrected chi connectivity index (χ0v) is 17.2. The summed E-state index contributed by atoms with van der Waals surface area (Å²) in [4.78, 5) is 6.37. The molecule has 1 aromatic rings. The lowest BCUT2D eigenvalue weighted by molar-refractivity contribution is -0.0496. The van der Waals surface area contributed by atoms with Gasteiger partial charge in [0.25, 0.3) is 0 Å². The molecule has 1 N–H and O–H groups in total. The van der Waals surface area contributed by atoms with Crippen molar-refractivity contribution in [1.29, 1.82) is 0 Å². The molecule has 1 aliphatic rings. The van der Waals surface area contributed by atoms with Gasteiger partial charge in [0, 0.05) is 39.8 Å². The molecule has 1 aliphatic heterocycles. The van der Waals surface area contributed by atoms with Gasteiger partial charge < -0.3 is 10.2 Å². The number of hydrogen-bond donors (Lipinski definition) is 1. The third-order valence-corrected chi connectivity index (χ3v) is 6.34. The number of sulfonamides is 1. The summed E-state index contributed by atoms with van der Waals surface area (Å²) >= 11 is 0. The fourth-order valence-corrected chi connectivity index (χ4v) is 4.13. The highest BCUT2D eigenvalue weighted by molar-refractivity contribution is 7.90. The third kappa shape index (κ3) is 6.30. The Hall–Kier alpha value is -1.88. The van der Waals surface area contributed by atoms with E-state index in [0.29, 0.717) is 42.7 Å². The number of rotatable bonds is 6. The van der Waals surface area contributed by atoms with Crippen LogP contribution in [0.3, 0.4) is 0 Å². The zero-order chi connectivity index (χ0) is 21.7. The Kier molecular flexibility index (Phi) is 7.87. The second-order valence-corrected chi connectivity index (χ2v) is 8.90. The van der Waals surface area contributed by atoms with Crippen LogP contribution >= 0.6 is 0 Å². The van der Waals surface area contributed by atoms with Crippen molar-refractivity contribution in [2.45, 2.75) is 31.8 Å². The molecule has 2 rings (SSSR count). The summed E-state index contributed by atoms with van der Waals surface area (Å²) < 4.78 is 74.8. The van der Waals surface area contributed by atoms with Crippen molar-refractivity contribution in [3.05, 3.63) is 35.6 Å². The van der Waals surface area contributed by atoms with Crippen molar-refractivity contribution in [1.82, 2.24) is 14.5 Å². The number of nitrogens with one attached hydrogen (secondary N) is 1. The maximum absolute atomic E-state index is 13.4. The van der Waals surface area contributed by atoms with Crippen LogP contribution in [-0.2, 0) is 16.6 Å².